The summed E-state index contributed by atoms with van der Waals surface area (Å²) < 4.78 is 0. The number of carbonyl (C=O) groups excluding carboxylic acids is 2. The third-order valence-corrected chi connectivity index (χ3v) is 8.15. The fourth-order valence-corrected chi connectivity index (χ4v) is 6.02. The average Bonchev–Trinajstić information content (AvgIpc) is 3.61. The lowest BCUT2D eigenvalue weighted by Crippen LogP contribution is -2.57. The van der Waals surface area contributed by atoms with Crippen LogP contribution in [0.5, 0.6) is 0 Å². The highest BCUT2D eigenvalue weighted by Gasteiger charge is 2.57. The maximum atomic E-state index is 13.8. The largest absolute Gasteiger partial charge is 0.327 e. The lowest BCUT2D eigenvalue weighted by Gasteiger charge is -2.42. The second-order valence-electron chi connectivity index (χ2n) is 10.4. The van der Waals surface area contributed by atoms with Gasteiger partial charge in [-0.05, 0) is 62.3 Å². The minimum atomic E-state index is -0.611. The van der Waals surface area contributed by atoms with Crippen molar-refractivity contribution in [3.63, 3.8) is 0 Å². The zero-order valence-corrected chi connectivity index (χ0v) is 18.8. The molecule has 168 valence electrons. The van der Waals surface area contributed by atoms with Gasteiger partial charge in [0.1, 0.15) is 5.54 Å². The molecule has 5 heteroatoms. The maximum Gasteiger partial charge on any atom is 0.327 e. The van der Waals surface area contributed by atoms with Gasteiger partial charge < -0.3 is 9.80 Å². The van der Waals surface area contributed by atoms with E-state index in [1.54, 1.807) is 4.90 Å². The highest BCUT2D eigenvalue weighted by molar-refractivity contribution is 6.07. The smallest absolute Gasteiger partial charge is 0.309 e. The van der Waals surface area contributed by atoms with Gasteiger partial charge in [-0.1, -0.05) is 49.6 Å². The van der Waals surface area contributed by atoms with E-state index in [0.29, 0.717) is 19.0 Å². The van der Waals surface area contributed by atoms with Gasteiger partial charge >= 0.3 is 6.03 Å². The summed E-state index contributed by atoms with van der Waals surface area (Å²) in [6.45, 7) is 4.32. The summed E-state index contributed by atoms with van der Waals surface area (Å²) in [5.74, 6) is 1.46. The molecule has 5 rings (SSSR count). The van der Waals surface area contributed by atoms with E-state index in [9.17, 15) is 9.59 Å². The Morgan fingerprint density at radius 2 is 1.52 bits per heavy atom. The van der Waals surface area contributed by atoms with E-state index < -0.39 is 5.54 Å². The predicted octanol–water partition coefficient (Wildman–Crippen LogP) is 4.32. The molecule has 31 heavy (non-hydrogen) atoms. The second-order valence-corrected chi connectivity index (χ2v) is 10.4. The van der Waals surface area contributed by atoms with Crippen LogP contribution in [0.3, 0.4) is 0 Å². The highest BCUT2D eigenvalue weighted by atomic mass is 16.2. The molecule has 5 nitrogen and oxygen atoms in total. The first kappa shape index (κ1) is 21.0. The molecular weight excluding hydrogens is 386 g/mol. The van der Waals surface area contributed by atoms with Crippen LogP contribution in [0, 0.1) is 11.8 Å². The highest BCUT2D eigenvalue weighted by Crippen LogP contribution is 2.40. The van der Waals surface area contributed by atoms with Crippen LogP contribution in [0.25, 0.3) is 0 Å². The van der Waals surface area contributed by atoms with Crippen molar-refractivity contribution in [3.8, 4) is 0 Å². The third kappa shape index (κ3) is 4.39. The Morgan fingerprint density at radius 1 is 0.839 bits per heavy atom. The Hall–Kier alpha value is -1.88. The number of likely N-dealkylation sites (tertiary alicyclic amines) is 1. The fourth-order valence-electron chi connectivity index (χ4n) is 6.02. The Morgan fingerprint density at radius 3 is 2.19 bits per heavy atom. The van der Waals surface area contributed by atoms with E-state index >= 15 is 0 Å². The molecule has 4 aliphatic rings. The Kier molecular flexibility index (Phi) is 6.05. The summed E-state index contributed by atoms with van der Waals surface area (Å²) >= 11 is 0. The number of urea groups is 1. The molecule has 2 aliphatic carbocycles. The predicted molar refractivity (Wildman–Crippen MR) is 122 cm³/mol. The molecule has 1 aromatic rings. The molecule has 2 heterocycles. The van der Waals surface area contributed by atoms with Crippen molar-refractivity contribution < 1.29 is 9.59 Å². The van der Waals surface area contributed by atoms with E-state index in [4.69, 9.17) is 0 Å². The number of amides is 3. The van der Waals surface area contributed by atoms with E-state index in [-0.39, 0.29) is 11.9 Å². The Labute approximate surface area is 186 Å². The molecule has 1 spiro atoms. The topological polar surface area (TPSA) is 43.9 Å². The van der Waals surface area contributed by atoms with Crippen LogP contribution in [-0.4, -0.2) is 64.9 Å². The molecular formula is C26H37N3O2. The van der Waals surface area contributed by atoms with Crippen LogP contribution in [-0.2, 0) is 11.2 Å². The van der Waals surface area contributed by atoms with E-state index in [1.165, 1.54) is 44.2 Å². The van der Waals surface area contributed by atoms with Crippen molar-refractivity contribution >= 4 is 11.9 Å². The lowest BCUT2D eigenvalue weighted by molar-refractivity contribution is -0.136. The second kappa shape index (κ2) is 8.93. The number of hydrogen-bond acceptors (Lipinski definition) is 3. The SMILES string of the molecule is O=C1N(CC2CCCCC2)C(=O)C2(CCN(CC3CC3)CC2)N1CCc1ccccc1. The number of rotatable bonds is 7. The van der Waals surface area contributed by atoms with Crippen molar-refractivity contribution in [1.29, 1.82) is 0 Å². The first-order chi connectivity index (χ1) is 15.2. The van der Waals surface area contributed by atoms with Gasteiger partial charge in [-0.25, -0.2) is 4.79 Å². The molecule has 0 radical (unpaired) electrons. The van der Waals surface area contributed by atoms with Gasteiger partial charge in [0.25, 0.3) is 5.91 Å². The van der Waals surface area contributed by atoms with Gasteiger partial charge in [-0.15, -0.1) is 0 Å². The van der Waals surface area contributed by atoms with Gasteiger partial charge in [0.15, 0.2) is 0 Å². The maximum absolute atomic E-state index is 13.8. The van der Waals surface area contributed by atoms with Crippen LogP contribution >= 0.6 is 0 Å². The summed E-state index contributed by atoms with van der Waals surface area (Å²) in [5, 5.41) is 0. The molecule has 0 atom stereocenters. The zero-order chi connectivity index (χ0) is 21.3. The normalized spacial score (nSPS) is 25.0. The lowest BCUT2D eigenvalue weighted by atomic mass is 9.84. The number of imide groups is 1. The van der Waals surface area contributed by atoms with Crippen molar-refractivity contribution in [3.05, 3.63) is 35.9 Å². The van der Waals surface area contributed by atoms with Gasteiger partial charge in [0.2, 0.25) is 0 Å². The number of carbonyl (C=O) groups is 2. The molecule has 1 aromatic carbocycles. The van der Waals surface area contributed by atoms with Crippen molar-refractivity contribution in [2.24, 2.45) is 11.8 Å². The van der Waals surface area contributed by atoms with Crippen LogP contribution < -0.4 is 0 Å². The summed E-state index contributed by atoms with van der Waals surface area (Å²) in [7, 11) is 0. The van der Waals surface area contributed by atoms with Crippen LogP contribution in [0.2, 0.25) is 0 Å². The van der Waals surface area contributed by atoms with Gasteiger partial charge in [-0.3, -0.25) is 9.69 Å². The summed E-state index contributed by atoms with van der Waals surface area (Å²) in [5.41, 5.74) is 0.621. The molecule has 2 saturated heterocycles. The third-order valence-electron chi connectivity index (χ3n) is 8.15. The van der Waals surface area contributed by atoms with E-state index in [0.717, 1.165) is 51.1 Å². The Bertz CT molecular complexity index is 777. The minimum Gasteiger partial charge on any atom is -0.309 e. The molecule has 0 unspecified atom stereocenters. The quantitative estimate of drug-likeness (QED) is 0.614. The number of piperidine rings is 1. The summed E-state index contributed by atoms with van der Waals surface area (Å²) in [4.78, 5) is 33.5. The van der Waals surface area contributed by atoms with Crippen molar-refractivity contribution in [2.75, 3.05) is 32.7 Å². The van der Waals surface area contributed by atoms with Crippen molar-refractivity contribution in [2.45, 2.75) is 69.7 Å². The van der Waals surface area contributed by atoms with Crippen LogP contribution in [0.15, 0.2) is 30.3 Å². The average molecular weight is 424 g/mol. The van der Waals surface area contributed by atoms with Gasteiger partial charge in [0, 0.05) is 32.7 Å². The van der Waals surface area contributed by atoms with Gasteiger partial charge in [-0.2, -0.15) is 0 Å². The zero-order valence-electron chi connectivity index (χ0n) is 18.8. The number of benzene rings is 1. The van der Waals surface area contributed by atoms with Crippen LogP contribution in [0.4, 0.5) is 4.79 Å². The monoisotopic (exact) mass is 423 g/mol. The van der Waals surface area contributed by atoms with E-state index in [1.807, 2.05) is 23.1 Å². The fraction of sp³-hybridized carbons (Fsp3) is 0.692. The van der Waals surface area contributed by atoms with E-state index in [2.05, 4.69) is 17.0 Å². The summed E-state index contributed by atoms with van der Waals surface area (Å²) in [6, 6.07) is 10.3. The first-order valence-corrected chi connectivity index (χ1v) is 12.6. The van der Waals surface area contributed by atoms with Crippen LogP contribution in [0.1, 0.15) is 63.4 Å². The van der Waals surface area contributed by atoms with Crippen molar-refractivity contribution in [1.82, 2.24) is 14.7 Å². The molecule has 2 saturated carbocycles. The summed E-state index contributed by atoms with van der Waals surface area (Å²) in [6.07, 6.45) is 11.2. The molecule has 0 N–H and O–H groups in total. The standard InChI is InChI=1S/C26H37N3O2/c30-24-26(14-17-27(18-15-26)19-23-11-12-23)29(16-13-21-7-3-1-4-8-21)25(31)28(24)20-22-9-5-2-6-10-22/h1,3-4,7-8,22-23H,2,5-6,9-20H2. The molecule has 2 aliphatic heterocycles. The minimum absolute atomic E-state index is 0.0258. The van der Waals surface area contributed by atoms with Gasteiger partial charge in [0.05, 0.1) is 0 Å². The Balaban J connectivity index is 1.32. The number of nitrogens with zero attached hydrogens (tertiary/aromatic N) is 3. The first-order valence-electron chi connectivity index (χ1n) is 12.6. The molecule has 0 bridgehead atoms. The molecule has 4 fully saturated rings. The molecule has 3 amide bonds. The molecule has 0 aromatic heterocycles. The number of hydrogen-bond donors (Lipinski definition) is 0.